The van der Waals surface area contributed by atoms with Crippen molar-refractivity contribution in [1.82, 2.24) is 9.97 Å². The largest absolute Gasteiger partial charge is 0.377 e. The molecule has 0 spiro atoms. The van der Waals surface area contributed by atoms with Gasteiger partial charge in [-0.25, -0.2) is 13.8 Å². The Bertz CT molecular complexity index is 495. The number of hydrogen-bond donors (Lipinski definition) is 2. The molecular weight excluding hydrogens is 214 g/mol. The normalized spacial score (nSPS) is 14.8. The van der Waals surface area contributed by atoms with E-state index in [2.05, 4.69) is 9.97 Å². The molecule has 0 aliphatic heterocycles. The molecule has 2 rings (SSSR count). The van der Waals surface area contributed by atoms with E-state index in [0.717, 1.165) is 6.07 Å². The van der Waals surface area contributed by atoms with Crippen molar-refractivity contribution in [3.05, 3.63) is 53.6 Å². The van der Waals surface area contributed by atoms with Crippen molar-refractivity contribution in [1.29, 1.82) is 0 Å². The average Bonchev–Trinajstić information content (AvgIpc) is 2.75. The zero-order chi connectivity index (χ0) is 11.8. The third-order valence-electron chi connectivity index (χ3n) is 2.44. The van der Waals surface area contributed by atoms with Crippen LogP contribution in [0.3, 0.4) is 0 Å². The molecule has 0 bridgehead atoms. The first-order chi connectivity index (χ1) is 7.53. The molecule has 84 valence electrons. The van der Waals surface area contributed by atoms with E-state index in [0.29, 0.717) is 0 Å². The summed E-state index contributed by atoms with van der Waals surface area (Å²) in [5.74, 6) is -1.90. The lowest BCUT2D eigenvalue weighted by atomic mass is 9.94. The van der Waals surface area contributed by atoms with Crippen molar-refractivity contribution in [3.8, 4) is 0 Å². The van der Waals surface area contributed by atoms with Crippen LogP contribution in [0.5, 0.6) is 0 Å². The summed E-state index contributed by atoms with van der Waals surface area (Å²) in [7, 11) is 0. The SMILES string of the molecule is CC(O)(c1ncc[nH]1)c1cccc(F)c1F. The first-order valence-corrected chi connectivity index (χ1v) is 4.70. The number of hydrogen-bond acceptors (Lipinski definition) is 2. The third kappa shape index (κ3) is 1.59. The standard InChI is InChI=1S/C11H10F2N2O/c1-11(16,10-14-5-6-15-10)7-3-2-4-8(12)9(7)13/h2-6,16H,1H3,(H,14,15). The summed E-state index contributed by atoms with van der Waals surface area (Å²) in [6, 6.07) is 3.66. The van der Waals surface area contributed by atoms with Crippen molar-refractivity contribution in [3.63, 3.8) is 0 Å². The second-order valence-corrected chi connectivity index (χ2v) is 3.61. The summed E-state index contributed by atoms with van der Waals surface area (Å²) in [5.41, 5.74) is -1.84. The summed E-state index contributed by atoms with van der Waals surface area (Å²) in [5, 5.41) is 10.2. The molecule has 0 saturated carbocycles. The van der Waals surface area contributed by atoms with Gasteiger partial charge in [0.15, 0.2) is 11.6 Å². The molecule has 2 aromatic rings. The zero-order valence-corrected chi connectivity index (χ0v) is 8.54. The Morgan fingerprint density at radius 2 is 2.12 bits per heavy atom. The van der Waals surface area contributed by atoms with Crippen LogP contribution in [0.1, 0.15) is 18.3 Å². The maximum Gasteiger partial charge on any atom is 0.165 e. The minimum atomic E-state index is -1.68. The molecule has 0 aliphatic carbocycles. The minimum Gasteiger partial charge on any atom is -0.377 e. The second-order valence-electron chi connectivity index (χ2n) is 3.61. The number of H-pyrrole nitrogens is 1. The van der Waals surface area contributed by atoms with E-state index in [1.807, 2.05) is 0 Å². The van der Waals surface area contributed by atoms with Gasteiger partial charge in [-0.1, -0.05) is 12.1 Å². The van der Waals surface area contributed by atoms with Crippen LogP contribution in [0.2, 0.25) is 0 Å². The van der Waals surface area contributed by atoms with Gasteiger partial charge >= 0.3 is 0 Å². The molecule has 0 saturated heterocycles. The Labute approximate surface area is 90.8 Å². The number of aromatic amines is 1. The molecule has 2 N–H and O–H groups in total. The summed E-state index contributed by atoms with van der Waals surface area (Å²) < 4.78 is 26.5. The highest BCUT2D eigenvalue weighted by Crippen LogP contribution is 2.29. The molecule has 1 unspecified atom stereocenters. The van der Waals surface area contributed by atoms with Gasteiger partial charge in [-0.15, -0.1) is 0 Å². The van der Waals surface area contributed by atoms with Crippen molar-refractivity contribution in [2.75, 3.05) is 0 Å². The van der Waals surface area contributed by atoms with Gasteiger partial charge in [-0.3, -0.25) is 0 Å². The van der Waals surface area contributed by atoms with Crippen LogP contribution >= 0.6 is 0 Å². The smallest absolute Gasteiger partial charge is 0.165 e. The van der Waals surface area contributed by atoms with Gasteiger partial charge in [0.1, 0.15) is 11.4 Å². The van der Waals surface area contributed by atoms with Crippen molar-refractivity contribution >= 4 is 0 Å². The number of imidazole rings is 1. The van der Waals surface area contributed by atoms with Crippen LogP contribution in [0.25, 0.3) is 0 Å². The first-order valence-electron chi connectivity index (χ1n) is 4.70. The molecule has 16 heavy (non-hydrogen) atoms. The highest BCUT2D eigenvalue weighted by atomic mass is 19.2. The van der Waals surface area contributed by atoms with E-state index < -0.39 is 17.2 Å². The number of halogens is 2. The van der Waals surface area contributed by atoms with E-state index in [4.69, 9.17) is 0 Å². The molecule has 1 aromatic carbocycles. The predicted molar refractivity (Wildman–Crippen MR) is 53.6 cm³/mol. The van der Waals surface area contributed by atoms with Crippen molar-refractivity contribution in [2.24, 2.45) is 0 Å². The van der Waals surface area contributed by atoms with E-state index in [9.17, 15) is 13.9 Å². The summed E-state index contributed by atoms with van der Waals surface area (Å²) in [6.07, 6.45) is 2.93. The highest BCUT2D eigenvalue weighted by molar-refractivity contribution is 5.30. The lowest BCUT2D eigenvalue weighted by molar-refractivity contribution is 0.0881. The number of rotatable bonds is 2. The van der Waals surface area contributed by atoms with Crippen LogP contribution in [0.4, 0.5) is 8.78 Å². The molecule has 0 radical (unpaired) electrons. The Morgan fingerprint density at radius 1 is 1.38 bits per heavy atom. The number of nitrogens with one attached hydrogen (secondary N) is 1. The van der Waals surface area contributed by atoms with Gasteiger partial charge in [0.25, 0.3) is 0 Å². The summed E-state index contributed by atoms with van der Waals surface area (Å²) >= 11 is 0. The van der Waals surface area contributed by atoms with E-state index in [-0.39, 0.29) is 11.4 Å². The number of benzene rings is 1. The molecule has 0 amide bonds. The van der Waals surface area contributed by atoms with Crippen LogP contribution in [0, 0.1) is 11.6 Å². The summed E-state index contributed by atoms with van der Waals surface area (Å²) in [6.45, 7) is 1.35. The predicted octanol–water partition coefficient (Wildman–Crippen LogP) is 1.94. The van der Waals surface area contributed by atoms with Crippen LogP contribution in [-0.2, 0) is 5.60 Å². The zero-order valence-electron chi connectivity index (χ0n) is 8.54. The Balaban J connectivity index is 2.56. The fraction of sp³-hybridized carbons (Fsp3) is 0.182. The lowest BCUT2D eigenvalue weighted by Gasteiger charge is -2.21. The lowest BCUT2D eigenvalue weighted by Crippen LogP contribution is -2.26. The van der Waals surface area contributed by atoms with E-state index in [1.54, 1.807) is 0 Å². The quantitative estimate of drug-likeness (QED) is 0.819. The monoisotopic (exact) mass is 224 g/mol. The Kier molecular flexibility index (Phi) is 2.47. The topological polar surface area (TPSA) is 48.9 Å². The van der Waals surface area contributed by atoms with Crippen LogP contribution in [0.15, 0.2) is 30.6 Å². The van der Waals surface area contributed by atoms with Gasteiger partial charge in [0.05, 0.1) is 0 Å². The highest BCUT2D eigenvalue weighted by Gasteiger charge is 2.32. The molecule has 3 nitrogen and oxygen atoms in total. The number of aromatic nitrogens is 2. The maximum absolute atomic E-state index is 13.5. The van der Waals surface area contributed by atoms with Crippen LogP contribution < -0.4 is 0 Å². The molecule has 0 fully saturated rings. The Hall–Kier alpha value is -1.75. The van der Waals surface area contributed by atoms with Crippen LogP contribution in [-0.4, -0.2) is 15.1 Å². The van der Waals surface area contributed by atoms with Gasteiger partial charge in [-0.2, -0.15) is 0 Å². The van der Waals surface area contributed by atoms with E-state index >= 15 is 0 Å². The number of aliphatic hydroxyl groups is 1. The third-order valence-corrected chi connectivity index (χ3v) is 2.44. The molecular formula is C11H10F2N2O. The minimum absolute atomic E-state index is 0.151. The van der Waals surface area contributed by atoms with Gasteiger partial charge in [0.2, 0.25) is 0 Å². The van der Waals surface area contributed by atoms with Crippen molar-refractivity contribution < 1.29 is 13.9 Å². The van der Waals surface area contributed by atoms with Gasteiger partial charge < -0.3 is 10.1 Å². The van der Waals surface area contributed by atoms with Gasteiger partial charge in [0, 0.05) is 18.0 Å². The first kappa shape index (κ1) is 10.8. The maximum atomic E-state index is 13.5. The van der Waals surface area contributed by atoms with Gasteiger partial charge in [-0.05, 0) is 13.0 Å². The number of nitrogens with zero attached hydrogens (tertiary/aromatic N) is 1. The molecule has 5 heteroatoms. The fourth-order valence-electron chi connectivity index (χ4n) is 1.54. The second kappa shape index (κ2) is 3.68. The van der Waals surface area contributed by atoms with Crippen molar-refractivity contribution in [2.45, 2.75) is 12.5 Å². The molecule has 1 aromatic heterocycles. The summed E-state index contributed by atoms with van der Waals surface area (Å²) in [4.78, 5) is 6.51. The van der Waals surface area contributed by atoms with E-state index in [1.165, 1.54) is 31.5 Å². The average molecular weight is 224 g/mol. The molecule has 1 atom stereocenters. The molecule has 1 heterocycles. The fourth-order valence-corrected chi connectivity index (χ4v) is 1.54. The molecule has 0 aliphatic rings. The Morgan fingerprint density at radius 3 is 2.75 bits per heavy atom.